The highest BCUT2D eigenvalue weighted by Gasteiger charge is 2.27. The summed E-state index contributed by atoms with van der Waals surface area (Å²) in [4.78, 5) is 0. The van der Waals surface area contributed by atoms with Crippen molar-refractivity contribution in [3.63, 3.8) is 0 Å². The number of hydrogen-bond donors (Lipinski definition) is 0. The van der Waals surface area contributed by atoms with Gasteiger partial charge >= 0.3 is 0 Å². The van der Waals surface area contributed by atoms with Crippen LogP contribution in [0.4, 0.5) is 0 Å². The zero-order valence-electron chi connectivity index (χ0n) is 15.8. The van der Waals surface area contributed by atoms with Crippen LogP contribution >= 0.6 is 0 Å². The second kappa shape index (κ2) is 7.80. The number of aryl methyl sites for hydroxylation is 1. The topological polar surface area (TPSA) is 0 Å². The molecule has 1 atom stereocenters. The minimum Gasteiger partial charge on any atom is -0.0989 e. The van der Waals surface area contributed by atoms with E-state index < -0.39 is 0 Å². The van der Waals surface area contributed by atoms with Crippen molar-refractivity contribution >= 4 is 5.57 Å². The van der Waals surface area contributed by atoms with E-state index in [-0.39, 0.29) is 0 Å². The largest absolute Gasteiger partial charge is 0.0989 e. The molecule has 0 radical (unpaired) electrons. The molecule has 0 amide bonds. The Morgan fingerprint density at radius 1 is 0.852 bits per heavy atom. The maximum absolute atomic E-state index is 4.43. The van der Waals surface area contributed by atoms with Gasteiger partial charge in [-0.15, -0.1) is 0 Å². The van der Waals surface area contributed by atoms with Crippen LogP contribution in [0.3, 0.4) is 0 Å². The predicted molar refractivity (Wildman–Crippen MR) is 116 cm³/mol. The highest BCUT2D eigenvalue weighted by atomic mass is 14.3. The van der Waals surface area contributed by atoms with E-state index in [1.165, 1.54) is 39.0 Å². The van der Waals surface area contributed by atoms with Crippen molar-refractivity contribution in [1.29, 1.82) is 0 Å². The molecule has 2 aliphatic rings. The van der Waals surface area contributed by atoms with Gasteiger partial charge in [0, 0.05) is 5.92 Å². The Morgan fingerprint density at radius 3 is 2.30 bits per heavy atom. The molecule has 1 unspecified atom stereocenters. The smallest absolute Gasteiger partial charge is 0.00489 e. The van der Waals surface area contributed by atoms with Gasteiger partial charge in [0.15, 0.2) is 0 Å². The standard InChI is InChI=1S/C27H26/c1-20-17-26(21(2)27(20)16-14-22-9-5-3-6-10-22)19-23-13-15-25(18-23)24-11-7-4-8-12-24/h3-13,15,19,27H,1-2,14,16-18H2/b26-19+. The third kappa shape index (κ3) is 3.95. The molecule has 0 N–H and O–H groups in total. The summed E-state index contributed by atoms with van der Waals surface area (Å²) in [6.07, 6.45) is 11.0. The molecule has 27 heavy (non-hydrogen) atoms. The number of rotatable bonds is 5. The third-order valence-corrected chi connectivity index (χ3v) is 5.71. The van der Waals surface area contributed by atoms with Crippen LogP contribution in [0.2, 0.25) is 0 Å². The van der Waals surface area contributed by atoms with Gasteiger partial charge in [0.05, 0.1) is 0 Å². The molecule has 0 bridgehead atoms. The van der Waals surface area contributed by atoms with Gasteiger partial charge in [0.1, 0.15) is 0 Å². The summed E-state index contributed by atoms with van der Waals surface area (Å²) in [5.74, 6) is 0.417. The molecular formula is C27H26. The van der Waals surface area contributed by atoms with Crippen molar-refractivity contribution in [3.8, 4) is 0 Å². The Morgan fingerprint density at radius 2 is 1.56 bits per heavy atom. The number of allylic oxidation sites excluding steroid dienone is 8. The molecular weight excluding hydrogens is 324 g/mol. The Bertz CT molecular complexity index is 936. The molecule has 0 nitrogen and oxygen atoms in total. The van der Waals surface area contributed by atoms with E-state index in [0.717, 1.165) is 25.7 Å². The van der Waals surface area contributed by atoms with Gasteiger partial charge in [-0.1, -0.05) is 97.6 Å². The molecule has 2 aromatic carbocycles. The minimum atomic E-state index is 0.417. The summed E-state index contributed by atoms with van der Waals surface area (Å²) in [7, 11) is 0. The zero-order chi connectivity index (χ0) is 18.6. The summed E-state index contributed by atoms with van der Waals surface area (Å²) in [5.41, 5.74) is 9.43. The predicted octanol–water partition coefficient (Wildman–Crippen LogP) is 7.09. The first-order valence-corrected chi connectivity index (χ1v) is 9.77. The van der Waals surface area contributed by atoms with Crippen molar-refractivity contribution < 1.29 is 0 Å². The quantitative estimate of drug-likeness (QED) is 0.505. The van der Waals surface area contributed by atoms with Crippen LogP contribution in [0.25, 0.3) is 5.57 Å². The van der Waals surface area contributed by atoms with Crippen molar-refractivity contribution in [1.82, 2.24) is 0 Å². The van der Waals surface area contributed by atoms with Crippen molar-refractivity contribution in [3.05, 3.63) is 125 Å². The van der Waals surface area contributed by atoms with Crippen LogP contribution in [-0.4, -0.2) is 0 Å². The van der Waals surface area contributed by atoms with Crippen LogP contribution in [-0.2, 0) is 6.42 Å². The summed E-state index contributed by atoms with van der Waals surface area (Å²) in [5, 5.41) is 0. The zero-order valence-corrected chi connectivity index (χ0v) is 15.8. The lowest BCUT2D eigenvalue weighted by atomic mass is 9.92. The summed E-state index contributed by atoms with van der Waals surface area (Å²) >= 11 is 0. The van der Waals surface area contributed by atoms with Gasteiger partial charge in [-0.2, -0.15) is 0 Å². The average molecular weight is 351 g/mol. The van der Waals surface area contributed by atoms with Crippen molar-refractivity contribution in [2.75, 3.05) is 0 Å². The van der Waals surface area contributed by atoms with Crippen LogP contribution in [0.1, 0.15) is 30.4 Å². The summed E-state index contributed by atoms with van der Waals surface area (Å²) < 4.78 is 0. The monoisotopic (exact) mass is 350 g/mol. The third-order valence-electron chi connectivity index (χ3n) is 5.71. The van der Waals surface area contributed by atoms with Gasteiger partial charge < -0.3 is 0 Å². The molecule has 1 fully saturated rings. The van der Waals surface area contributed by atoms with Gasteiger partial charge in [0.25, 0.3) is 0 Å². The van der Waals surface area contributed by atoms with Crippen molar-refractivity contribution in [2.24, 2.45) is 5.92 Å². The lowest BCUT2D eigenvalue weighted by molar-refractivity contribution is 0.673. The Kier molecular flexibility index (Phi) is 5.07. The van der Waals surface area contributed by atoms with Crippen LogP contribution < -0.4 is 0 Å². The second-order valence-corrected chi connectivity index (χ2v) is 7.58. The van der Waals surface area contributed by atoms with E-state index in [1.807, 2.05) is 0 Å². The van der Waals surface area contributed by atoms with E-state index in [0.29, 0.717) is 5.92 Å². The molecule has 0 aromatic heterocycles. The lowest BCUT2D eigenvalue weighted by Gasteiger charge is -2.12. The fraction of sp³-hybridized carbons (Fsp3) is 0.185. The number of hydrogen-bond acceptors (Lipinski definition) is 0. The fourth-order valence-corrected chi connectivity index (χ4v) is 4.15. The molecule has 4 rings (SSSR count). The van der Waals surface area contributed by atoms with E-state index in [2.05, 4.69) is 92.0 Å². The fourth-order valence-electron chi connectivity index (χ4n) is 4.15. The van der Waals surface area contributed by atoms with Crippen LogP contribution in [0.5, 0.6) is 0 Å². The van der Waals surface area contributed by atoms with Crippen LogP contribution in [0, 0.1) is 5.92 Å². The number of benzene rings is 2. The average Bonchev–Trinajstić information content (AvgIpc) is 3.27. The van der Waals surface area contributed by atoms with Gasteiger partial charge in [-0.05, 0) is 59.1 Å². The normalized spacial score (nSPS) is 20.9. The Balaban J connectivity index is 1.40. The molecule has 0 saturated heterocycles. The van der Waals surface area contributed by atoms with Crippen LogP contribution in [0.15, 0.2) is 114 Å². The highest BCUT2D eigenvalue weighted by Crippen LogP contribution is 2.42. The molecule has 0 heteroatoms. The summed E-state index contributed by atoms with van der Waals surface area (Å²) in [6.45, 7) is 8.78. The molecule has 1 saturated carbocycles. The van der Waals surface area contributed by atoms with E-state index in [4.69, 9.17) is 0 Å². The first-order chi connectivity index (χ1) is 13.2. The molecule has 134 valence electrons. The first-order valence-electron chi connectivity index (χ1n) is 9.77. The first kappa shape index (κ1) is 17.5. The minimum absolute atomic E-state index is 0.417. The van der Waals surface area contributed by atoms with Gasteiger partial charge in [0.2, 0.25) is 0 Å². The highest BCUT2D eigenvalue weighted by molar-refractivity contribution is 5.73. The van der Waals surface area contributed by atoms with Gasteiger partial charge in [-0.25, -0.2) is 0 Å². The maximum Gasteiger partial charge on any atom is 0.00489 e. The lowest BCUT2D eigenvalue weighted by Crippen LogP contribution is -2.01. The molecule has 2 aromatic rings. The van der Waals surface area contributed by atoms with Crippen molar-refractivity contribution in [2.45, 2.75) is 25.7 Å². The Labute approximate surface area is 163 Å². The van der Waals surface area contributed by atoms with E-state index >= 15 is 0 Å². The second-order valence-electron chi connectivity index (χ2n) is 7.58. The molecule has 0 heterocycles. The maximum atomic E-state index is 4.43. The van der Waals surface area contributed by atoms with E-state index in [9.17, 15) is 0 Å². The van der Waals surface area contributed by atoms with Gasteiger partial charge in [-0.3, -0.25) is 0 Å². The van der Waals surface area contributed by atoms with E-state index in [1.54, 1.807) is 0 Å². The Hall–Kier alpha value is -2.86. The SMILES string of the molecule is C=C1C/C(=C\C2=CC=C(c3ccccc3)C2)C(=C)C1CCc1ccccc1. The molecule has 0 spiro atoms. The summed E-state index contributed by atoms with van der Waals surface area (Å²) in [6, 6.07) is 21.4. The molecule has 0 aliphatic heterocycles. The molecule has 2 aliphatic carbocycles.